The smallest absolute Gasteiger partial charge is 0.258 e. The van der Waals surface area contributed by atoms with Gasteiger partial charge >= 0.3 is 0 Å². The number of hydrogen-bond acceptors (Lipinski definition) is 4. The first kappa shape index (κ1) is 15.8. The number of carbonyl (C=O) groups is 1. The number of aromatic amines is 1. The molecule has 10 heteroatoms. The van der Waals surface area contributed by atoms with Crippen molar-refractivity contribution in [3.05, 3.63) is 39.6 Å². The van der Waals surface area contributed by atoms with Crippen molar-refractivity contribution < 1.29 is 13.2 Å². The predicted molar refractivity (Wildman–Crippen MR) is 79.1 cm³/mol. The molecule has 21 heavy (non-hydrogen) atoms. The van der Waals surface area contributed by atoms with Crippen LogP contribution >= 0.6 is 23.2 Å². The summed E-state index contributed by atoms with van der Waals surface area (Å²) in [5.74, 6) is -0.490. The molecular formula is C11H10Cl2N4O3S. The summed E-state index contributed by atoms with van der Waals surface area (Å²) in [6, 6.07) is 1.14. The highest BCUT2D eigenvalue weighted by Crippen LogP contribution is 2.37. The van der Waals surface area contributed by atoms with Crippen LogP contribution in [0.5, 0.6) is 0 Å². The maximum Gasteiger partial charge on any atom is 0.258 e. The number of benzene rings is 1. The number of nitrogens with two attached hydrogens (primary N) is 1. The molecule has 2 aromatic rings. The Morgan fingerprint density at radius 2 is 2.10 bits per heavy atom. The Kier molecular flexibility index (Phi) is 4.24. The van der Waals surface area contributed by atoms with Crippen LogP contribution in [0.25, 0.3) is 0 Å². The highest BCUT2D eigenvalue weighted by Gasteiger charge is 2.21. The van der Waals surface area contributed by atoms with Crippen molar-refractivity contribution in [1.29, 1.82) is 0 Å². The van der Waals surface area contributed by atoms with Gasteiger partial charge in [-0.3, -0.25) is 9.89 Å². The second-order valence-corrected chi connectivity index (χ2v) is 6.47. The van der Waals surface area contributed by atoms with Gasteiger partial charge in [0.25, 0.3) is 5.91 Å². The van der Waals surface area contributed by atoms with Gasteiger partial charge in [-0.2, -0.15) is 5.10 Å². The average Bonchev–Trinajstić information content (AvgIpc) is 2.91. The number of carbonyl (C=O) groups excluding carboxylic acids is 1. The lowest BCUT2D eigenvalue weighted by Gasteiger charge is -2.13. The molecule has 0 aliphatic heterocycles. The fraction of sp³-hybridized carbons (Fsp3) is 0.0909. The van der Waals surface area contributed by atoms with Crippen molar-refractivity contribution in [1.82, 2.24) is 10.2 Å². The van der Waals surface area contributed by atoms with Crippen molar-refractivity contribution >= 4 is 44.8 Å². The number of sulfonamides is 1. The van der Waals surface area contributed by atoms with Gasteiger partial charge in [-0.15, -0.1) is 0 Å². The third-order valence-electron chi connectivity index (χ3n) is 2.72. The molecule has 7 nitrogen and oxygen atoms in total. The molecular weight excluding hydrogens is 339 g/mol. The van der Waals surface area contributed by atoms with Crippen LogP contribution in [0, 0.1) is 6.92 Å². The molecule has 1 aromatic heterocycles. The molecule has 0 saturated heterocycles. The number of primary sulfonamides is 1. The van der Waals surface area contributed by atoms with Gasteiger partial charge in [0, 0.05) is 6.20 Å². The van der Waals surface area contributed by atoms with E-state index in [0.717, 1.165) is 6.07 Å². The summed E-state index contributed by atoms with van der Waals surface area (Å²) in [7, 11) is -3.96. The number of hydrogen-bond donors (Lipinski definition) is 3. The van der Waals surface area contributed by atoms with E-state index in [0.29, 0.717) is 0 Å². The molecule has 1 amide bonds. The third-order valence-corrected chi connectivity index (χ3v) is 4.53. The Morgan fingerprint density at radius 3 is 2.62 bits per heavy atom. The van der Waals surface area contributed by atoms with Crippen LogP contribution in [0.4, 0.5) is 5.69 Å². The van der Waals surface area contributed by atoms with Gasteiger partial charge in [-0.05, 0) is 18.6 Å². The van der Waals surface area contributed by atoms with E-state index in [1.165, 1.54) is 19.3 Å². The molecule has 0 unspecified atom stereocenters. The quantitative estimate of drug-likeness (QED) is 0.784. The Morgan fingerprint density at radius 1 is 1.43 bits per heavy atom. The van der Waals surface area contributed by atoms with Crippen molar-refractivity contribution in [3.8, 4) is 0 Å². The van der Waals surface area contributed by atoms with Gasteiger partial charge in [0.05, 0.1) is 32.4 Å². The Balaban J connectivity index is 2.47. The lowest BCUT2D eigenvalue weighted by Crippen LogP contribution is -2.16. The minimum atomic E-state index is -3.96. The van der Waals surface area contributed by atoms with E-state index in [-0.39, 0.29) is 31.8 Å². The van der Waals surface area contributed by atoms with E-state index in [4.69, 9.17) is 28.3 Å². The molecule has 2 rings (SSSR count). The van der Waals surface area contributed by atoms with Crippen LogP contribution in [-0.2, 0) is 10.0 Å². The second-order valence-electron chi connectivity index (χ2n) is 4.16. The number of nitrogens with one attached hydrogen (secondary N) is 2. The van der Waals surface area contributed by atoms with Crippen LogP contribution < -0.4 is 10.5 Å². The zero-order valence-electron chi connectivity index (χ0n) is 10.6. The van der Waals surface area contributed by atoms with Crippen molar-refractivity contribution in [2.75, 3.05) is 5.32 Å². The molecule has 0 saturated carbocycles. The number of halogens is 2. The standard InChI is InChI=1S/C11H10Cl2N4O3S/c1-5-8(21(14,19)20)2-7(12)10(9(5)13)17-11(18)6-3-15-16-4-6/h2-4H,1H3,(H,15,16)(H,17,18)(H2,14,19,20). The highest BCUT2D eigenvalue weighted by molar-refractivity contribution is 7.89. The van der Waals surface area contributed by atoms with E-state index in [2.05, 4.69) is 15.5 Å². The van der Waals surface area contributed by atoms with Gasteiger partial charge in [0.2, 0.25) is 10.0 Å². The summed E-state index contributed by atoms with van der Waals surface area (Å²) >= 11 is 12.0. The second kappa shape index (κ2) is 5.64. The monoisotopic (exact) mass is 348 g/mol. The number of nitrogens with zero attached hydrogens (tertiary/aromatic N) is 1. The minimum absolute atomic E-state index is 0.00312. The average molecular weight is 349 g/mol. The Labute approximate surface area is 130 Å². The lowest BCUT2D eigenvalue weighted by atomic mass is 10.2. The van der Waals surface area contributed by atoms with E-state index < -0.39 is 15.9 Å². The topological polar surface area (TPSA) is 118 Å². The van der Waals surface area contributed by atoms with Gasteiger partial charge in [0.15, 0.2) is 0 Å². The van der Waals surface area contributed by atoms with Gasteiger partial charge < -0.3 is 5.32 Å². The van der Waals surface area contributed by atoms with Crippen LogP contribution in [0.3, 0.4) is 0 Å². The van der Waals surface area contributed by atoms with Gasteiger partial charge in [0.1, 0.15) is 0 Å². The van der Waals surface area contributed by atoms with Gasteiger partial charge in [-0.25, -0.2) is 13.6 Å². The summed E-state index contributed by atoms with van der Waals surface area (Å²) in [5, 5.41) is 13.7. The minimum Gasteiger partial charge on any atom is -0.319 e. The van der Waals surface area contributed by atoms with Crippen LogP contribution in [0.1, 0.15) is 15.9 Å². The lowest BCUT2D eigenvalue weighted by molar-refractivity contribution is 0.102. The van der Waals surface area contributed by atoms with E-state index in [9.17, 15) is 13.2 Å². The van der Waals surface area contributed by atoms with Crippen LogP contribution in [-0.4, -0.2) is 24.5 Å². The molecule has 0 aliphatic rings. The SMILES string of the molecule is Cc1c(S(N)(=O)=O)cc(Cl)c(NC(=O)c2cn[nH]c2)c1Cl. The van der Waals surface area contributed by atoms with E-state index in [1.54, 1.807) is 0 Å². The van der Waals surface area contributed by atoms with Crippen molar-refractivity contribution in [2.24, 2.45) is 5.14 Å². The number of H-pyrrole nitrogens is 1. The first-order chi connectivity index (χ1) is 9.71. The maximum atomic E-state index is 11.9. The van der Waals surface area contributed by atoms with Gasteiger partial charge in [-0.1, -0.05) is 23.2 Å². The number of aromatic nitrogens is 2. The fourth-order valence-corrected chi connectivity index (χ4v) is 3.15. The Bertz CT molecular complexity index is 803. The number of anilines is 1. The summed E-state index contributed by atoms with van der Waals surface area (Å²) in [4.78, 5) is 11.7. The van der Waals surface area contributed by atoms with E-state index in [1.807, 2.05) is 0 Å². The molecule has 1 aromatic carbocycles. The molecule has 0 radical (unpaired) electrons. The molecule has 0 atom stereocenters. The molecule has 0 bridgehead atoms. The normalized spacial score (nSPS) is 11.4. The van der Waals surface area contributed by atoms with E-state index >= 15 is 0 Å². The van der Waals surface area contributed by atoms with Crippen molar-refractivity contribution in [2.45, 2.75) is 11.8 Å². The first-order valence-corrected chi connectivity index (χ1v) is 7.83. The summed E-state index contributed by atoms with van der Waals surface area (Å²) in [6.45, 7) is 1.46. The summed E-state index contributed by atoms with van der Waals surface area (Å²) < 4.78 is 22.9. The molecule has 0 spiro atoms. The fourth-order valence-electron chi connectivity index (χ4n) is 1.67. The number of amides is 1. The third kappa shape index (κ3) is 3.18. The van der Waals surface area contributed by atoms with Crippen LogP contribution in [0.15, 0.2) is 23.4 Å². The van der Waals surface area contributed by atoms with Crippen LogP contribution in [0.2, 0.25) is 10.0 Å². The Hall–Kier alpha value is -1.61. The van der Waals surface area contributed by atoms with Crippen molar-refractivity contribution in [3.63, 3.8) is 0 Å². The number of rotatable bonds is 3. The first-order valence-electron chi connectivity index (χ1n) is 5.53. The largest absolute Gasteiger partial charge is 0.319 e. The molecule has 112 valence electrons. The highest BCUT2D eigenvalue weighted by atomic mass is 35.5. The predicted octanol–water partition coefficient (Wildman–Crippen LogP) is 1.92. The molecule has 0 fully saturated rings. The molecule has 0 aliphatic carbocycles. The summed E-state index contributed by atoms with van der Waals surface area (Å²) in [6.07, 6.45) is 2.71. The molecule has 4 N–H and O–H groups in total. The zero-order chi connectivity index (χ0) is 15.8. The summed E-state index contributed by atoms with van der Waals surface area (Å²) in [5.41, 5.74) is 0.579. The maximum absolute atomic E-state index is 11.9. The molecule has 1 heterocycles. The zero-order valence-corrected chi connectivity index (χ0v) is 13.0.